The lowest BCUT2D eigenvalue weighted by atomic mass is 9.70. The predicted molar refractivity (Wildman–Crippen MR) is 141 cm³/mol. The molecule has 2 heterocycles. The van der Waals surface area contributed by atoms with Gasteiger partial charge in [0.25, 0.3) is 12.2 Å². The minimum Gasteiger partial charge on any atom is -0.307 e. The fourth-order valence-corrected chi connectivity index (χ4v) is 6.33. The van der Waals surface area contributed by atoms with E-state index < -0.39 is 17.6 Å². The van der Waals surface area contributed by atoms with Crippen LogP contribution in [0.25, 0.3) is 5.69 Å². The highest BCUT2D eigenvalue weighted by Crippen LogP contribution is 2.47. The summed E-state index contributed by atoms with van der Waals surface area (Å²) >= 11 is 0. The molecule has 6 rings (SSSR count). The number of halogens is 3. The molecule has 2 fully saturated rings. The summed E-state index contributed by atoms with van der Waals surface area (Å²) in [6, 6.07) is 10.7. The highest BCUT2D eigenvalue weighted by molar-refractivity contribution is 6.11. The van der Waals surface area contributed by atoms with E-state index in [-0.39, 0.29) is 35.7 Å². The number of carbonyl (C=O) groups is 1. The van der Waals surface area contributed by atoms with Crippen molar-refractivity contribution in [3.05, 3.63) is 70.8 Å². The van der Waals surface area contributed by atoms with Gasteiger partial charge in [-0.05, 0) is 85.3 Å². The van der Waals surface area contributed by atoms with E-state index in [0.29, 0.717) is 29.3 Å². The number of alkyl halides is 3. The fourth-order valence-electron chi connectivity index (χ4n) is 6.33. The molecule has 1 amide bonds. The number of anilines is 1. The van der Waals surface area contributed by atoms with Crippen LogP contribution < -0.4 is 14.9 Å². The quantitative estimate of drug-likeness (QED) is 0.405. The first kappa shape index (κ1) is 26.5. The molecule has 208 valence electrons. The Morgan fingerprint density at radius 1 is 1.25 bits per heavy atom. The third-order valence-electron chi connectivity index (χ3n) is 8.85. The van der Waals surface area contributed by atoms with E-state index in [1.807, 2.05) is 19.2 Å². The van der Waals surface area contributed by atoms with Crippen molar-refractivity contribution in [3.8, 4) is 11.8 Å². The SMILES string of the molecule is Cn1cn[n+](-c2c(N3Cc4c(cc(CNC5(C)CCC5)cc4C(F)(F)F)C3=O)cccc2[C@H]2C[C@@H](CC#N)C2)c1. The van der Waals surface area contributed by atoms with Crippen molar-refractivity contribution < 1.29 is 22.6 Å². The molecule has 0 unspecified atom stereocenters. The summed E-state index contributed by atoms with van der Waals surface area (Å²) in [6.45, 7) is 2.19. The number of carbonyl (C=O) groups excluding carboxylic acids is 1. The number of fused-ring (bicyclic) bond motifs is 1. The van der Waals surface area contributed by atoms with Crippen LogP contribution in [0.1, 0.15) is 84.0 Å². The summed E-state index contributed by atoms with van der Waals surface area (Å²) in [5, 5.41) is 17.0. The van der Waals surface area contributed by atoms with Crippen LogP contribution in [-0.4, -0.2) is 21.1 Å². The molecule has 0 radical (unpaired) electrons. The zero-order chi connectivity index (χ0) is 28.2. The second-order valence-electron chi connectivity index (χ2n) is 11.8. The van der Waals surface area contributed by atoms with Gasteiger partial charge in [-0.2, -0.15) is 18.4 Å². The number of hydrogen-bond acceptors (Lipinski definition) is 4. The van der Waals surface area contributed by atoms with Crippen molar-refractivity contribution >= 4 is 11.6 Å². The monoisotopic (exact) mass is 549 g/mol. The molecule has 3 aromatic rings. The number of nitrogens with zero attached hydrogens (tertiary/aromatic N) is 5. The average Bonchev–Trinajstić information content (AvgIpc) is 3.45. The van der Waals surface area contributed by atoms with Crippen LogP contribution in [0.5, 0.6) is 0 Å². The molecule has 10 heteroatoms. The minimum atomic E-state index is -4.58. The molecule has 0 atom stereocenters. The fraction of sp³-hybridized carbons (Fsp3) is 0.467. The molecule has 3 aliphatic rings. The molecular formula is C30H32F3N6O+. The predicted octanol–water partition coefficient (Wildman–Crippen LogP) is 5.32. The van der Waals surface area contributed by atoms with Gasteiger partial charge in [0.05, 0.1) is 30.9 Å². The van der Waals surface area contributed by atoms with E-state index in [9.17, 15) is 18.0 Å². The van der Waals surface area contributed by atoms with Gasteiger partial charge in [-0.1, -0.05) is 16.8 Å². The second kappa shape index (κ2) is 9.73. The van der Waals surface area contributed by atoms with Gasteiger partial charge in [-0.3, -0.25) is 9.69 Å². The molecule has 1 aromatic heterocycles. The molecule has 0 spiro atoms. The molecule has 1 aliphatic heterocycles. The topological polar surface area (TPSA) is 77.8 Å². The summed E-state index contributed by atoms with van der Waals surface area (Å²) in [4.78, 5) is 15.3. The lowest BCUT2D eigenvalue weighted by molar-refractivity contribution is -0.657. The molecule has 2 aliphatic carbocycles. The van der Waals surface area contributed by atoms with Crippen LogP contribution >= 0.6 is 0 Å². The Morgan fingerprint density at radius 2 is 2.02 bits per heavy atom. The van der Waals surface area contributed by atoms with Gasteiger partial charge in [0.15, 0.2) is 5.69 Å². The normalized spacial score (nSPS) is 21.5. The Morgan fingerprint density at radius 3 is 2.65 bits per heavy atom. The van der Waals surface area contributed by atoms with Crippen LogP contribution in [-0.2, 0) is 26.3 Å². The Labute approximate surface area is 231 Å². The Hall–Kier alpha value is -3.71. The first-order valence-electron chi connectivity index (χ1n) is 13.8. The largest absolute Gasteiger partial charge is 0.416 e. The molecule has 0 bridgehead atoms. The van der Waals surface area contributed by atoms with Crippen molar-refractivity contribution in [2.24, 2.45) is 13.0 Å². The van der Waals surface area contributed by atoms with E-state index in [1.165, 1.54) is 11.0 Å². The van der Waals surface area contributed by atoms with Crippen molar-refractivity contribution in [2.75, 3.05) is 4.90 Å². The number of nitrogens with one attached hydrogen (secondary N) is 1. The molecule has 2 aromatic carbocycles. The van der Waals surface area contributed by atoms with E-state index in [4.69, 9.17) is 5.26 Å². The van der Waals surface area contributed by atoms with Crippen LogP contribution in [0.3, 0.4) is 0 Å². The Balaban J connectivity index is 1.39. The number of nitriles is 1. The molecule has 2 saturated carbocycles. The third-order valence-corrected chi connectivity index (χ3v) is 8.85. The van der Waals surface area contributed by atoms with Gasteiger partial charge in [0.2, 0.25) is 6.33 Å². The summed E-state index contributed by atoms with van der Waals surface area (Å²) in [7, 11) is 1.84. The summed E-state index contributed by atoms with van der Waals surface area (Å²) < 4.78 is 46.4. The van der Waals surface area contributed by atoms with Crippen LogP contribution in [0.2, 0.25) is 0 Å². The van der Waals surface area contributed by atoms with E-state index in [0.717, 1.165) is 37.7 Å². The van der Waals surface area contributed by atoms with Crippen molar-refractivity contribution in [1.82, 2.24) is 15.0 Å². The molecule has 1 N–H and O–H groups in total. The Kier molecular flexibility index (Phi) is 6.45. The second-order valence-corrected chi connectivity index (χ2v) is 11.8. The Bertz CT molecular complexity index is 1510. The molecule has 40 heavy (non-hydrogen) atoms. The highest BCUT2D eigenvalue weighted by Gasteiger charge is 2.43. The van der Waals surface area contributed by atoms with Gasteiger partial charge < -0.3 is 5.32 Å². The number of amides is 1. The lowest BCUT2D eigenvalue weighted by Crippen LogP contribution is -2.47. The van der Waals surface area contributed by atoms with Gasteiger partial charge in [0.1, 0.15) is 0 Å². The lowest BCUT2D eigenvalue weighted by Gasteiger charge is -2.39. The van der Waals surface area contributed by atoms with Crippen LogP contribution in [0, 0.1) is 17.2 Å². The smallest absolute Gasteiger partial charge is 0.307 e. The zero-order valence-electron chi connectivity index (χ0n) is 22.6. The molecule has 7 nitrogen and oxygen atoms in total. The first-order valence-corrected chi connectivity index (χ1v) is 13.8. The van der Waals surface area contributed by atoms with Crippen molar-refractivity contribution in [1.29, 1.82) is 5.26 Å². The van der Waals surface area contributed by atoms with Gasteiger partial charge in [-0.15, -0.1) is 0 Å². The number of hydrogen-bond donors (Lipinski definition) is 1. The van der Waals surface area contributed by atoms with Gasteiger partial charge >= 0.3 is 6.18 Å². The van der Waals surface area contributed by atoms with Crippen LogP contribution in [0.15, 0.2) is 43.0 Å². The number of aromatic nitrogens is 3. The summed E-state index contributed by atoms with van der Waals surface area (Å²) in [6.07, 6.45) is 4.11. The standard InChI is InChI=1S/C30H32F3N6O/c1-29(8-4-9-29)35-15-20-13-23-24(25(14-20)30(31,32)33)16-38(28(23)40)26-6-3-5-22(21-11-19(12-21)7-10-34)27(26)39-18-37(2)17-36-39/h3,5-6,13-14,17-19,21,35H,4,7-9,11-12,15-16H2,1-2H3/q+1/t19-,21+. The first-order chi connectivity index (χ1) is 19.1. The van der Waals surface area contributed by atoms with Crippen LogP contribution in [0.4, 0.5) is 18.9 Å². The maximum atomic E-state index is 14.3. The number of aryl methyl sites for hydroxylation is 1. The minimum absolute atomic E-state index is 0.0104. The maximum Gasteiger partial charge on any atom is 0.416 e. The molecular weight excluding hydrogens is 517 g/mol. The van der Waals surface area contributed by atoms with E-state index in [1.54, 1.807) is 34.0 Å². The average molecular weight is 550 g/mol. The maximum absolute atomic E-state index is 14.3. The summed E-state index contributed by atoms with van der Waals surface area (Å²) in [5.41, 5.74) is 1.95. The number of rotatable bonds is 7. The number of para-hydroxylation sites is 1. The highest BCUT2D eigenvalue weighted by atomic mass is 19.4. The summed E-state index contributed by atoms with van der Waals surface area (Å²) in [5.74, 6) is 0.0590. The zero-order valence-corrected chi connectivity index (χ0v) is 22.6. The third kappa shape index (κ3) is 4.66. The number of benzene rings is 2. The van der Waals surface area contributed by atoms with Gasteiger partial charge in [0, 0.05) is 29.6 Å². The van der Waals surface area contributed by atoms with E-state index in [2.05, 4.69) is 23.4 Å². The molecule has 0 saturated heterocycles. The van der Waals surface area contributed by atoms with Gasteiger partial charge in [-0.25, -0.2) is 4.57 Å². The van der Waals surface area contributed by atoms with E-state index >= 15 is 0 Å². The van der Waals surface area contributed by atoms with Crippen molar-refractivity contribution in [2.45, 2.75) is 76.2 Å². The van der Waals surface area contributed by atoms with Crippen molar-refractivity contribution in [3.63, 3.8) is 0 Å².